The number of rotatable bonds is 8. The molecular formula is C30H41NO4. The van der Waals surface area contributed by atoms with E-state index in [9.17, 15) is 4.79 Å². The molecule has 35 heavy (non-hydrogen) atoms. The van der Waals surface area contributed by atoms with Crippen LogP contribution in [0, 0.1) is 0 Å². The molecule has 2 aromatic carbocycles. The van der Waals surface area contributed by atoms with Crippen molar-refractivity contribution in [1.29, 1.82) is 0 Å². The van der Waals surface area contributed by atoms with E-state index in [2.05, 4.69) is 37.2 Å². The van der Waals surface area contributed by atoms with Gasteiger partial charge in [-0.2, -0.15) is 0 Å². The largest absolute Gasteiger partial charge is 0.493 e. The molecule has 0 radical (unpaired) electrons. The number of fused-ring (bicyclic) bond motifs is 2. The zero-order valence-electron chi connectivity index (χ0n) is 21.9. The molecule has 0 aromatic heterocycles. The molecule has 0 saturated carbocycles. The molecule has 2 aliphatic carbocycles. The number of ether oxygens (including phenoxy) is 2. The number of ketones is 1. The van der Waals surface area contributed by atoms with Crippen LogP contribution in [0.25, 0.3) is 0 Å². The first-order chi connectivity index (χ1) is 17.0. The van der Waals surface area contributed by atoms with Gasteiger partial charge in [0.2, 0.25) is 0 Å². The van der Waals surface area contributed by atoms with Gasteiger partial charge in [0.05, 0.1) is 24.5 Å². The van der Waals surface area contributed by atoms with Crippen LogP contribution in [0.3, 0.4) is 0 Å². The third kappa shape index (κ3) is 7.09. The summed E-state index contributed by atoms with van der Waals surface area (Å²) in [4.78, 5) is 11.6. The van der Waals surface area contributed by atoms with Gasteiger partial charge in [0, 0.05) is 5.56 Å². The van der Waals surface area contributed by atoms with Gasteiger partial charge in [-0.1, -0.05) is 19.0 Å². The fourth-order valence-electron chi connectivity index (χ4n) is 4.80. The minimum Gasteiger partial charge on any atom is -0.493 e. The number of Topliss-reactive ketones (excluding diaryl/α,β-unsaturated/α-hetero) is 1. The van der Waals surface area contributed by atoms with Crippen molar-refractivity contribution in [1.82, 2.24) is 0 Å². The van der Waals surface area contributed by atoms with Gasteiger partial charge in [-0.3, -0.25) is 4.79 Å². The molecule has 2 aliphatic rings. The highest BCUT2D eigenvalue weighted by atomic mass is 16.5. The van der Waals surface area contributed by atoms with Gasteiger partial charge in [-0.15, -0.1) is 0 Å². The third-order valence-corrected chi connectivity index (χ3v) is 6.73. The van der Waals surface area contributed by atoms with Crippen LogP contribution in [0.1, 0.15) is 104 Å². The van der Waals surface area contributed by atoms with Crippen molar-refractivity contribution in [3.8, 4) is 11.5 Å². The first-order valence-corrected chi connectivity index (χ1v) is 13.3. The predicted octanol–water partition coefficient (Wildman–Crippen LogP) is 7.11. The Morgan fingerprint density at radius 3 is 1.54 bits per heavy atom. The molecule has 1 N–H and O–H groups in total. The summed E-state index contributed by atoms with van der Waals surface area (Å²) in [6, 6.07) is 8.39. The second-order valence-electron chi connectivity index (χ2n) is 9.59. The summed E-state index contributed by atoms with van der Waals surface area (Å²) in [7, 11) is 0. The molecule has 0 saturated heterocycles. The summed E-state index contributed by atoms with van der Waals surface area (Å²) in [5, 5.41) is 12.3. The number of hydrogen-bond acceptors (Lipinski definition) is 5. The van der Waals surface area contributed by atoms with Crippen molar-refractivity contribution in [2.75, 3.05) is 13.2 Å². The molecule has 0 amide bonds. The Morgan fingerprint density at radius 2 is 1.14 bits per heavy atom. The molecule has 2 aromatic rings. The summed E-state index contributed by atoms with van der Waals surface area (Å²) in [6.07, 6.45) is 11.4. The van der Waals surface area contributed by atoms with Gasteiger partial charge in [-0.05, 0) is 125 Å². The molecule has 0 unspecified atom stereocenters. The molecule has 0 heterocycles. The lowest BCUT2D eigenvalue weighted by Gasteiger charge is -2.19. The average molecular weight is 480 g/mol. The first-order valence-electron chi connectivity index (χ1n) is 13.3. The van der Waals surface area contributed by atoms with Gasteiger partial charge in [0.15, 0.2) is 5.78 Å². The molecule has 190 valence electrons. The molecule has 0 fully saturated rings. The molecule has 0 atom stereocenters. The summed E-state index contributed by atoms with van der Waals surface area (Å²) >= 11 is 0. The Morgan fingerprint density at radius 1 is 0.743 bits per heavy atom. The molecular weight excluding hydrogens is 438 g/mol. The number of benzene rings is 2. The zero-order valence-corrected chi connectivity index (χ0v) is 21.9. The monoisotopic (exact) mass is 479 g/mol. The van der Waals surface area contributed by atoms with Gasteiger partial charge in [-0.25, -0.2) is 0 Å². The maximum absolute atomic E-state index is 11.6. The Balaban J connectivity index is 0.000000196. The van der Waals surface area contributed by atoms with Gasteiger partial charge in [0.25, 0.3) is 0 Å². The Hall–Kier alpha value is -2.82. The average Bonchev–Trinajstić information content (AvgIpc) is 2.89. The van der Waals surface area contributed by atoms with Crippen LogP contribution < -0.4 is 9.47 Å². The zero-order chi connectivity index (χ0) is 25.2. The van der Waals surface area contributed by atoms with Crippen LogP contribution in [-0.4, -0.2) is 29.9 Å². The van der Waals surface area contributed by atoms with Crippen LogP contribution in [-0.2, 0) is 25.7 Å². The molecule has 0 aliphatic heterocycles. The molecule has 5 heteroatoms. The van der Waals surface area contributed by atoms with Crippen molar-refractivity contribution in [2.24, 2.45) is 5.16 Å². The highest BCUT2D eigenvalue weighted by Crippen LogP contribution is 2.31. The lowest BCUT2D eigenvalue weighted by Crippen LogP contribution is -2.09. The maximum Gasteiger partial charge on any atom is 0.163 e. The van der Waals surface area contributed by atoms with E-state index in [4.69, 9.17) is 14.7 Å². The fraction of sp³-hybridized carbons (Fsp3) is 0.533. The molecule has 4 rings (SSSR count). The third-order valence-electron chi connectivity index (χ3n) is 6.73. The van der Waals surface area contributed by atoms with Crippen LogP contribution in [0.4, 0.5) is 0 Å². The van der Waals surface area contributed by atoms with E-state index in [0.717, 1.165) is 61.2 Å². The topological polar surface area (TPSA) is 68.1 Å². The highest BCUT2D eigenvalue weighted by molar-refractivity contribution is 6.01. The van der Waals surface area contributed by atoms with Crippen molar-refractivity contribution >= 4 is 11.5 Å². The van der Waals surface area contributed by atoms with Crippen molar-refractivity contribution in [2.45, 2.75) is 91.9 Å². The van der Waals surface area contributed by atoms with Gasteiger partial charge >= 0.3 is 0 Å². The quantitative estimate of drug-likeness (QED) is 0.190. The SMILES string of the molecule is CCCOc1cc2c(cc1C(C)=NO)CCCC2.CCCOc1cc2c(cc1C(C)=O)CCCC2. The van der Waals surface area contributed by atoms with Crippen molar-refractivity contribution in [3.63, 3.8) is 0 Å². The summed E-state index contributed by atoms with van der Waals surface area (Å²) in [6.45, 7) is 8.97. The summed E-state index contributed by atoms with van der Waals surface area (Å²) < 4.78 is 11.5. The van der Waals surface area contributed by atoms with Crippen LogP contribution >= 0.6 is 0 Å². The molecule has 0 spiro atoms. The first kappa shape index (κ1) is 26.8. The number of carbonyl (C=O) groups is 1. The van der Waals surface area contributed by atoms with Crippen LogP contribution in [0.15, 0.2) is 29.4 Å². The Labute approximate surface area is 210 Å². The molecule has 5 nitrogen and oxygen atoms in total. The maximum atomic E-state index is 11.6. The summed E-state index contributed by atoms with van der Waals surface area (Å²) in [5.74, 6) is 1.73. The molecule has 0 bridgehead atoms. The normalized spacial score (nSPS) is 14.8. The fourth-order valence-corrected chi connectivity index (χ4v) is 4.80. The van der Waals surface area contributed by atoms with Crippen LogP contribution in [0.5, 0.6) is 11.5 Å². The number of aryl methyl sites for hydroxylation is 4. The lowest BCUT2D eigenvalue weighted by atomic mass is 9.89. The van der Waals surface area contributed by atoms with E-state index in [0.29, 0.717) is 18.9 Å². The number of hydrogen-bond donors (Lipinski definition) is 1. The van der Waals surface area contributed by atoms with E-state index in [1.54, 1.807) is 6.92 Å². The van der Waals surface area contributed by atoms with Crippen molar-refractivity contribution in [3.05, 3.63) is 57.6 Å². The minimum atomic E-state index is 0.101. The van der Waals surface area contributed by atoms with E-state index in [-0.39, 0.29) is 5.78 Å². The van der Waals surface area contributed by atoms with Crippen molar-refractivity contribution < 1.29 is 19.5 Å². The van der Waals surface area contributed by atoms with Gasteiger partial charge in [0.1, 0.15) is 11.5 Å². The van der Waals surface area contributed by atoms with Gasteiger partial charge < -0.3 is 14.7 Å². The van der Waals surface area contributed by atoms with E-state index in [1.807, 2.05) is 13.0 Å². The highest BCUT2D eigenvalue weighted by Gasteiger charge is 2.17. The standard InChI is InChI=1S/C15H21NO2.C15H20O2/c1-3-8-18-15-10-13-7-5-4-6-12(13)9-14(15)11(2)16-17;1-3-8-17-15-10-13-7-5-4-6-12(13)9-14(15)11(2)16/h9-10,17H,3-8H2,1-2H3;9-10H,3-8H2,1-2H3. The Kier molecular flexibility index (Phi) is 10.2. The number of carbonyl (C=O) groups excluding carboxylic acids is 1. The minimum absolute atomic E-state index is 0.101. The predicted molar refractivity (Wildman–Crippen MR) is 142 cm³/mol. The Bertz CT molecular complexity index is 1040. The van der Waals surface area contributed by atoms with E-state index in [1.165, 1.54) is 47.9 Å². The summed E-state index contributed by atoms with van der Waals surface area (Å²) in [5.41, 5.74) is 7.77. The second kappa shape index (κ2) is 13.3. The lowest BCUT2D eigenvalue weighted by molar-refractivity contribution is 0.101. The smallest absolute Gasteiger partial charge is 0.163 e. The van der Waals surface area contributed by atoms with Crippen LogP contribution in [0.2, 0.25) is 0 Å². The number of oxime groups is 1. The second-order valence-corrected chi connectivity index (χ2v) is 9.59. The van der Waals surface area contributed by atoms with E-state index >= 15 is 0 Å². The van der Waals surface area contributed by atoms with E-state index < -0.39 is 0 Å². The number of nitrogens with zero attached hydrogens (tertiary/aromatic N) is 1.